The lowest BCUT2D eigenvalue weighted by Gasteiger charge is -2.31. The first-order valence-electron chi connectivity index (χ1n) is 46.4. The highest BCUT2D eigenvalue weighted by atomic mass is 16.6. The maximum atomic E-state index is 14.6. The van der Waals surface area contributed by atoms with E-state index in [0.717, 1.165) is 141 Å². The van der Waals surface area contributed by atoms with E-state index in [1.807, 2.05) is 133 Å². The molecule has 18 rings (SSSR count). The number of benzene rings is 12. The third-order valence-corrected chi connectivity index (χ3v) is 25.8. The molecule has 12 aromatic rings. The van der Waals surface area contributed by atoms with Crippen molar-refractivity contribution >= 4 is 161 Å². The highest BCUT2D eigenvalue weighted by Gasteiger charge is 2.42. The number of ether oxygens (including phenoxy) is 8. The minimum Gasteiger partial charge on any atom is -0.506 e. The molecule has 0 aromatic heterocycles. The summed E-state index contributed by atoms with van der Waals surface area (Å²) in [7, 11) is 3.29. The van der Waals surface area contributed by atoms with E-state index in [1.165, 1.54) is 62.5 Å². The van der Waals surface area contributed by atoms with Crippen LogP contribution in [0.4, 0.5) is 34.1 Å². The van der Waals surface area contributed by atoms with Gasteiger partial charge in [-0.15, -0.1) is 0 Å². The summed E-state index contributed by atoms with van der Waals surface area (Å²) in [6.45, 7) is 18.5. The molecule has 24 heteroatoms. The van der Waals surface area contributed by atoms with Crippen LogP contribution in [-0.2, 0) is 50.9 Å². The molecule has 0 saturated heterocycles. The van der Waals surface area contributed by atoms with Gasteiger partial charge in [0.1, 0.15) is 36.2 Å². The van der Waals surface area contributed by atoms with Crippen LogP contribution in [0.2, 0.25) is 0 Å². The number of Topliss-reactive ketones (excluding diaryl/α,β-unsaturated/α-hetero) is 2. The van der Waals surface area contributed by atoms with Crippen LogP contribution < -0.4 is 83.8 Å². The fourth-order valence-corrected chi connectivity index (χ4v) is 18.6. The molecule has 0 saturated carbocycles. The maximum absolute atomic E-state index is 14.6. The van der Waals surface area contributed by atoms with Gasteiger partial charge in [-0.1, -0.05) is 250 Å². The van der Waals surface area contributed by atoms with Gasteiger partial charge in [0.05, 0.1) is 99.1 Å². The van der Waals surface area contributed by atoms with E-state index in [0.29, 0.717) is 129 Å². The molecule has 0 bridgehead atoms. The number of aliphatic hydroxyl groups excluding tert-OH is 2. The zero-order valence-corrected chi connectivity index (χ0v) is 75.8. The van der Waals surface area contributed by atoms with Crippen LogP contribution in [0.3, 0.4) is 0 Å². The average molecular weight is 1740 g/mol. The number of anilines is 6. The third kappa shape index (κ3) is 20.1. The second kappa shape index (κ2) is 41.7. The number of nitrogens with one attached hydrogen (secondary N) is 6. The Labute approximate surface area is 762 Å². The van der Waals surface area contributed by atoms with Gasteiger partial charge in [0, 0.05) is 91.5 Å². The number of carbonyl (C=O) groups excluding carboxylic acids is 2. The van der Waals surface area contributed by atoms with E-state index in [2.05, 4.69) is 158 Å². The van der Waals surface area contributed by atoms with Crippen molar-refractivity contribution in [3.63, 3.8) is 0 Å². The molecule has 0 amide bonds. The topological polar surface area (TPSA) is 245 Å². The molecule has 130 heavy (non-hydrogen) atoms. The molecule has 4 aliphatic heterocycles. The van der Waals surface area contributed by atoms with Crippen molar-refractivity contribution in [1.29, 1.82) is 0 Å². The Kier molecular flexibility index (Phi) is 28.8. The highest BCUT2D eigenvalue weighted by molar-refractivity contribution is 6.81. The van der Waals surface area contributed by atoms with Crippen LogP contribution in [0.1, 0.15) is 115 Å². The average Bonchev–Trinajstić information content (AvgIpc) is 0.716. The lowest BCUT2D eigenvalue weighted by Crippen LogP contribution is -2.48. The Morgan fingerprint density at radius 2 is 0.669 bits per heavy atom. The second-order valence-corrected chi connectivity index (χ2v) is 35.9. The number of allylic oxidation sites excluding steroid dienone is 4. The minimum atomic E-state index is -0.449. The van der Waals surface area contributed by atoms with Gasteiger partial charge < -0.3 is 89.3 Å². The summed E-state index contributed by atoms with van der Waals surface area (Å²) in [5, 5.41) is 56.6. The smallest absolute Gasteiger partial charge is 0.427 e. The summed E-state index contributed by atoms with van der Waals surface area (Å²) in [5.41, 5.74) is 14.7. The van der Waals surface area contributed by atoms with E-state index in [1.54, 1.807) is 14.2 Å². The van der Waals surface area contributed by atoms with Crippen molar-refractivity contribution in [1.82, 2.24) is 0 Å². The first-order valence-corrected chi connectivity index (χ1v) is 46.4. The van der Waals surface area contributed by atoms with Crippen molar-refractivity contribution in [2.75, 3.05) is 125 Å². The number of nitrogens with zero attached hydrogens (tertiary/aromatic N) is 2. The molecule has 12 aromatic carbocycles. The lowest BCUT2D eigenvalue weighted by atomic mass is 9.65. The molecule has 2 atom stereocenters. The number of rotatable bonds is 40. The molecule has 8 N–H and O–H groups in total. The van der Waals surface area contributed by atoms with Crippen molar-refractivity contribution in [2.24, 2.45) is 33.5 Å². The van der Waals surface area contributed by atoms with Crippen LogP contribution in [0.25, 0.3) is 65.4 Å². The van der Waals surface area contributed by atoms with Crippen molar-refractivity contribution in [3.8, 4) is 11.5 Å². The molecule has 2 unspecified atom stereocenters. The van der Waals surface area contributed by atoms with Crippen LogP contribution in [0.5, 0.6) is 11.5 Å². The SMILES string of the molecule is CC(C)CCCC(C)CCc1ccc(B2N=c3c(=C4C(=O)C(c5ccc6cccc7c6c5NB(c5ccc(CCC(C)CCCC(C)C)cc5)N7)=C4O)ccc4cccc(c34)N2)cc1.COCCOCCOCCOc1ccc(B2N=c3c(=C4C(=O)C(c5ccc6cccc7c6c5NB(c5ccc(OCCOCCOCCOC)cc5)N7)=C4O)ccc4cccc(c34)N2)cc1. The van der Waals surface area contributed by atoms with Crippen molar-refractivity contribution < 1.29 is 57.7 Å². The van der Waals surface area contributed by atoms with Gasteiger partial charge in [-0.3, -0.25) is 9.59 Å². The number of aryl methyl sites for hydroxylation is 2. The first-order chi connectivity index (χ1) is 63.5. The molecule has 6 aliphatic rings. The normalized spacial score (nSPS) is 15.4. The standard InChI is InChI=1S/C56H64B2N4O2.C50H52B2N4O10/c1-35(2)11-7-13-37(5)19-21-39-23-29-43(30-24-39)57-59-47-17-9-15-41-27-33-45(53(61-57)49(41)47)51-55(63)52(56(51)64)46-34-28-42-16-10-18-48-50(42)54(46)62-58(60-48)44-31-25-40(26-32-44)22-20-38(6)14-8-12-36(3)4;1-59-21-23-61-25-27-63-29-31-65-37-15-11-35(12-16-37)51-53-41-7-3-5-33-9-19-39(47(55-51)43(33)41)45-49(57)46(50(45)58)40-20-10-34-6-4-8-42-44(34)48(40)56-52(54-42)36-13-17-38(18-14-36)66-32-30-64-28-26-62-24-22-60-2/h9-10,15-18,23-38,59-61,63H,7-8,11-14,19-22H2,1-6H3;3-20,53-55,57H,21-32H2,1-2H3. The summed E-state index contributed by atoms with van der Waals surface area (Å²) in [6.07, 6.45) is 12.3. The van der Waals surface area contributed by atoms with Gasteiger partial charge in [0.2, 0.25) is 11.6 Å². The Hall–Kier alpha value is -12.1. The zero-order valence-electron chi connectivity index (χ0n) is 75.8. The van der Waals surface area contributed by atoms with Gasteiger partial charge in [0.15, 0.2) is 0 Å². The number of hydrogen-bond donors (Lipinski definition) is 8. The fraction of sp³-hybridized carbons (Fsp3) is 0.321. The Bertz CT molecular complexity index is 6480. The minimum absolute atomic E-state index is 0.0129. The van der Waals surface area contributed by atoms with Crippen molar-refractivity contribution in [2.45, 2.75) is 106 Å². The van der Waals surface area contributed by atoms with Gasteiger partial charge in [-0.2, -0.15) is 0 Å². The summed E-state index contributed by atoms with van der Waals surface area (Å²) in [4.78, 5) is 39.6. The van der Waals surface area contributed by atoms with Gasteiger partial charge in [0.25, 0.3) is 0 Å². The van der Waals surface area contributed by atoms with E-state index in [4.69, 9.17) is 47.7 Å². The third-order valence-electron chi connectivity index (χ3n) is 25.8. The first kappa shape index (κ1) is 89.8. The van der Waals surface area contributed by atoms with E-state index in [9.17, 15) is 19.8 Å². The monoisotopic (exact) mass is 1740 g/mol. The molecule has 0 spiro atoms. The maximum Gasteiger partial charge on any atom is 0.427 e. The van der Waals surface area contributed by atoms with Crippen LogP contribution in [0.15, 0.2) is 240 Å². The molecule has 664 valence electrons. The Morgan fingerprint density at radius 3 is 1.05 bits per heavy atom. The van der Waals surface area contributed by atoms with Gasteiger partial charge in [-0.05, 0) is 152 Å². The Morgan fingerprint density at radius 1 is 0.331 bits per heavy atom. The lowest BCUT2D eigenvalue weighted by molar-refractivity contribution is -0.110. The largest absolute Gasteiger partial charge is 0.506 e. The predicted molar refractivity (Wildman–Crippen MR) is 533 cm³/mol. The predicted octanol–water partition coefficient (Wildman–Crippen LogP) is 15.6. The number of ketones is 2. The van der Waals surface area contributed by atoms with E-state index in [-0.39, 0.29) is 55.2 Å². The summed E-state index contributed by atoms with van der Waals surface area (Å²) in [5.74, 6) is 3.94. The number of hydrogen-bond acceptors (Lipinski definition) is 20. The molecule has 0 radical (unpaired) electrons. The zero-order chi connectivity index (χ0) is 89.7. The number of methoxy groups -OCH3 is 2. The number of carbonyl (C=O) groups is 2. The molecule has 4 heterocycles. The molecule has 20 nitrogen and oxygen atoms in total. The van der Waals surface area contributed by atoms with Crippen LogP contribution >= 0.6 is 0 Å². The molecular weight excluding hydrogens is 1620 g/mol. The molecule has 0 fully saturated rings. The van der Waals surface area contributed by atoms with E-state index < -0.39 is 6.98 Å². The van der Waals surface area contributed by atoms with Gasteiger partial charge >= 0.3 is 27.9 Å². The summed E-state index contributed by atoms with van der Waals surface area (Å²) >= 11 is 0. The second-order valence-electron chi connectivity index (χ2n) is 35.9. The van der Waals surface area contributed by atoms with Crippen LogP contribution in [-0.4, -0.2) is 143 Å². The molecule has 2 aliphatic carbocycles. The number of aliphatic hydroxyl groups is 2. The van der Waals surface area contributed by atoms with E-state index >= 15 is 0 Å². The Balaban J connectivity index is 0.000000182. The fourth-order valence-electron chi connectivity index (χ4n) is 18.6. The van der Waals surface area contributed by atoms with Crippen LogP contribution in [0, 0.1) is 23.7 Å². The quantitative estimate of drug-likeness (QED) is 0.0131. The summed E-state index contributed by atoms with van der Waals surface area (Å²) in [6, 6.07) is 73.8. The van der Waals surface area contributed by atoms with Crippen molar-refractivity contribution in [3.05, 3.63) is 273 Å². The molecular formula is C106H116B4N8O12. The van der Waals surface area contributed by atoms with Gasteiger partial charge in [-0.25, -0.2) is 0 Å². The highest BCUT2D eigenvalue weighted by Crippen LogP contribution is 2.47. The summed E-state index contributed by atoms with van der Waals surface area (Å²) < 4.78 is 43.9.